The Labute approximate surface area is 150 Å². The zero-order chi connectivity index (χ0) is 17.4. The first-order valence-corrected chi connectivity index (χ1v) is 8.51. The molecule has 1 aliphatic carbocycles. The number of pyridine rings is 2. The number of amides is 1. The minimum Gasteiger partial charge on any atom is -0.310 e. The van der Waals surface area contributed by atoms with Gasteiger partial charge in [0.05, 0.1) is 5.69 Å². The number of rotatable bonds is 4. The van der Waals surface area contributed by atoms with Crippen LogP contribution in [0.4, 0.5) is 5.82 Å². The maximum absolute atomic E-state index is 11.9. The number of halogens is 1. The second kappa shape index (κ2) is 6.30. The fraction of sp³-hybridized carbons (Fsp3) is 0.150. The van der Waals surface area contributed by atoms with Crippen LogP contribution in [0, 0.1) is 5.92 Å². The predicted octanol–water partition coefficient (Wildman–Crippen LogP) is 4.94. The molecule has 124 valence electrons. The van der Waals surface area contributed by atoms with E-state index in [-0.39, 0.29) is 11.8 Å². The number of hydrogen-bond donors (Lipinski definition) is 1. The van der Waals surface area contributed by atoms with Gasteiger partial charge in [0.2, 0.25) is 5.91 Å². The van der Waals surface area contributed by atoms with Crippen LogP contribution in [-0.4, -0.2) is 15.9 Å². The molecule has 25 heavy (non-hydrogen) atoms. The van der Waals surface area contributed by atoms with E-state index < -0.39 is 0 Å². The number of anilines is 1. The van der Waals surface area contributed by atoms with Crippen molar-refractivity contribution in [2.24, 2.45) is 5.92 Å². The molecule has 2 heterocycles. The maximum atomic E-state index is 11.9. The molecular weight excluding hydrogens is 334 g/mol. The largest absolute Gasteiger partial charge is 0.310 e. The average molecular weight is 350 g/mol. The fourth-order valence-electron chi connectivity index (χ4n) is 2.69. The summed E-state index contributed by atoms with van der Waals surface area (Å²) in [4.78, 5) is 20.7. The zero-order valence-electron chi connectivity index (χ0n) is 13.5. The summed E-state index contributed by atoms with van der Waals surface area (Å²) in [5, 5.41) is 5.35. The van der Waals surface area contributed by atoms with Gasteiger partial charge in [-0.15, -0.1) is 0 Å². The van der Waals surface area contributed by atoms with Gasteiger partial charge in [-0.05, 0) is 42.7 Å². The SMILES string of the molecule is C=Cc1ccc(Cl)c(-c2cc3cnc(NC(=O)C4CC4)cc3cn2)c1. The first-order chi connectivity index (χ1) is 12.1. The van der Waals surface area contributed by atoms with Gasteiger partial charge in [-0.3, -0.25) is 9.78 Å². The highest BCUT2D eigenvalue weighted by atomic mass is 35.5. The average Bonchev–Trinajstić information content (AvgIpc) is 3.47. The van der Waals surface area contributed by atoms with E-state index >= 15 is 0 Å². The van der Waals surface area contributed by atoms with Crippen LogP contribution in [0.2, 0.25) is 5.02 Å². The summed E-state index contributed by atoms with van der Waals surface area (Å²) in [7, 11) is 0. The molecule has 1 aromatic carbocycles. The second-order valence-electron chi connectivity index (χ2n) is 6.19. The van der Waals surface area contributed by atoms with Crippen molar-refractivity contribution < 1.29 is 4.79 Å². The lowest BCUT2D eigenvalue weighted by Gasteiger charge is -2.08. The Balaban J connectivity index is 1.68. The number of benzene rings is 1. The van der Waals surface area contributed by atoms with E-state index in [0.717, 1.165) is 40.4 Å². The summed E-state index contributed by atoms with van der Waals surface area (Å²) in [6.07, 6.45) is 7.23. The van der Waals surface area contributed by atoms with Crippen LogP contribution in [0.3, 0.4) is 0 Å². The van der Waals surface area contributed by atoms with Gasteiger partial charge < -0.3 is 5.32 Å². The number of nitrogens with one attached hydrogen (secondary N) is 1. The van der Waals surface area contributed by atoms with Crippen molar-refractivity contribution in [3.05, 3.63) is 59.9 Å². The van der Waals surface area contributed by atoms with Crippen LogP contribution in [0.15, 0.2) is 49.3 Å². The molecule has 1 saturated carbocycles. The third-order valence-corrected chi connectivity index (χ3v) is 4.63. The van der Waals surface area contributed by atoms with E-state index in [9.17, 15) is 4.79 Å². The molecule has 1 N–H and O–H groups in total. The van der Waals surface area contributed by atoms with Crippen LogP contribution in [0.25, 0.3) is 28.1 Å². The van der Waals surface area contributed by atoms with Crippen molar-refractivity contribution in [1.82, 2.24) is 9.97 Å². The zero-order valence-corrected chi connectivity index (χ0v) is 14.3. The lowest BCUT2D eigenvalue weighted by molar-refractivity contribution is -0.117. The quantitative estimate of drug-likeness (QED) is 0.725. The Hall–Kier alpha value is -2.72. The van der Waals surface area contributed by atoms with Crippen molar-refractivity contribution in [2.75, 3.05) is 5.32 Å². The summed E-state index contributed by atoms with van der Waals surface area (Å²) in [6.45, 7) is 3.79. The molecule has 1 fully saturated rings. The van der Waals surface area contributed by atoms with Gasteiger partial charge in [-0.2, -0.15) is 0 Å². The van der Waals surface area contributed by atoms with Gasteiger partial charge in [0.25, 0.3) is 0 Å². The van der Waals surface area contributed by atoms with Crippen LogP contribution in [0.1, 0.15) is 18.4 Å². The topological polar surface area (TPSA) is 54.9 Å². The predicted molar refractivity (Wildman–Crippen MR) is 101 cm³/mol. The highest BCUT2D eigenvalue weighted by Gasteiger charge is 2.29. The Morgan fingerprint density at radius 2 is 1.92 bits per heavy atom. The number of carbonyl (C=O) groups is 1. The van der Waals surface area contributed by atoms with Crippen molar-refractivity contribution in [1.29, 1.82) is 0 Å². The van der Waals surface area contributed by atoms with Crippen LogP contribution >= 0.6 is 11.6 Å². The highest BCUT2D eigenvalue weighted by molar-refractivity contribution is 6.33. The van der Waals surface area contributed by atoms with E-state index in [1.165, 1.54) is 0 Å². The first kappa shape index (κ1) is 15.8. The minimum atomic E-state index is 0.0458. The molecule has 0 spiro atoms. The van der Waals surface area contributed by atoms with Gasteiger partial charge in [0.15, 0.2) is 0 Å². The molecular formula is C20H16ClN3O. The monoisotopic (exact) mass is 349 g/mol. The lowest BCUT2D eigenvalue weighted by Crippen LogP contribution is -2.14. The molecule has 4 nitrogen and oxygen atoms in total. The second-order valence-corrected chi connectivity index (χ2v) is 6.60. The van der Waals surface area contributed by atoms with E-state index in [4.69, 9.17) is 11.6 Å². The van der Waals surface area contributed by atoms with Gasteiger partial charge in [-0.25, -0.2) is 4.98 Å². The third kappa shape index (κ3) is 3.26. The number of carbonyl (C=O) groups excluding carboxylic acids is 1. The van der Waals surface area contributed by atoms with Crippen molar-refractivity contribution in [3.63, 3.8) is 0 Å². The standard InChI is InChI=1S/C20H16ClN3O/c1-2-12-3-6-17(21)16(7-12)18-8-14-11-23-19(9-15(14)10-22-18)24-20(25)13-4-5-13/h2-3,6-11,13H,1,4-5H2,(H,23,24,25). The van der Waals surface area contributed by atoms with E-state index in [1.807, 2.05) is 30.3 Å². The normalized spacial score (nSPS) is 13.6. The molecule has 1 amide bonds. The minimum absolute atomic E-state index is 0.0458. The third-order valence-electron chi connectivity index (χ3n) is 4.30. The van der Waals surface area contributed by atoms with Gasteiger partial charge in [0.1, 0.15) is 5.82 Å². The molecule has 0 bridgehead atoms. The number of aromatic nitrogens is 2. The number of nitrogens with zero attached hydrogens (tertiary/aromatic N) is 2. The summed E-state index contributed by atoms with van der Waals surface area (Å²) >= 11 is 6.32. The summed E-state index contributed by atoms with van der Waals surface area (Å²) in [5.41, 5.74) is 2.61. The van der Waals surface area contributed by atoms with E-state index in [2.05, 4.69) is 21.9 Å². The summed E-state index contributed by atoms with van der Waals surface area (Å²) < 4.78 is 0. The first-order valence-electron chi connectivity index (χ1n) is 8.13. The highest BCUT2D eigenvalue weighted by Crippen LogP contribution is 2.31. The maximum Gasteiger partial charge on any atom is 0.228 e. The molecule has 0 radical (unpaired) electrons. The molecule has 0 aliphatic heterocycles. The molecule has 5 heteroatoms. The van der Waals surface area contributed by atoms with Gasteiger partial charge in [-0.1, -0.05) is 30.3 Å². The van der Waals surface area contributed by atoms with E-state index in [0.29, 0.717) is 10.8 Å². The Morgan fingerprint density at radius 1 is 1.16 bits per heavy atom. The van der Waals surface area contributed by atoms with E-state index in [1.54, 1.807) is 18.5 Å². The molecule has 2 aromatic heterocycles. The van der Waals surface area contributed by atoms with Crippen LogP contribution in [-0.2, 0) is 4.79 Å². The smallest absolute Gasteiger partial charge is 0.228 e. The van der Waals surface area contributed by atoms with Gasteiger partial charge in [0, 0.05) is 39.7 Å². The summed E-state index contributed by atoms with van der Waals surface area (Å²) in [6, 6.07) is 9.50. The molecule has 4 rings (SSSR count). The Bertz CT molecular complexity index is 995. The Kier molecular flexibility index (Phi) is 3.98. The lowest BCUT2D eigenvalue weighted by atomic mass is 10.1. The van der Waals surface area contributed by atoms with Gasteiger partial charge >= 0.3 is 0 Å². The molecule has 0 saturated heterocycles. The summed E-state index contributed by atoms with van der Waals surface area (Å²) in [5.74, 6) is 0.757. The molecule has 0 atom stereocenters. The van der Waals surface area contributed by atoms with Crippen LogP contribution < -0.4 is 5.32 Å². The molecule has 1 aliphatic rings. The molecule has 3 aromatic rings. The Morgan fingerprint density at radius 3 is 2.68 bits per heavy atom. The fourth-order valence-corrected chi connectivity index (χ4v) is 2.91. The van der Waals surface area contributed by atoms with Crippen molar-refractivity contribution in [3.8, 4) is 11.3 Å². The van der Waals surface area contributed by atoms with Crippen LogP contribution in [0.5, 0.6) is 0 Å². The van der Waals surface area contributed by atoms with Crippen molar-refractivity contribution in [2.45, 2.75) is 12.8 Å². The number of fused-ring (bicyclic) bond motifs is 1. The number of hydrogen-bond acceptors (Lipinski definition) is 3. The molecule has 0 unspecified atom stereocenters. The van der Waals surface area contributed by atoms with Crippen molar-refractivity contribution >= 4 is 40.2 Å².